The third-order valence-corrected chi connectivity index (χ3v) is 4.38. The number of hydrogen-bond acceptors (Lipinski definition) is 3. The van der Waals surface area contributed by atoms with E-state index < -0.39 is 5.97 Å². The number of hydrogen-bond donors (Lipinski definition) is 1. The van der Waals surface area contributed by atoms with Crippen LogP contribution in [-0.4, -0.2) is 60.6 Å². The molecule has 0 aromatic rings. The van der Waals surface area contributed by atoms with Gasteiger partial charge in [-0.15, -0.1) is 0 Å². The third-order valence-electron chi connectivity index (χ3n) is 4.38. The third kappa shape index (κ3) is 3.42. The average molecular weight is 240 g/mol. The minimum Gasteiger partial charge on any atom is -0.481 e. The zero-order valence-corrected chi connectivity index (χ0v) is 11.0. The molecule has 0 unspecified atom stereocenters. The lowest BCUT2D eigenvalue weighted by Crippen LogP contribution is -2.44. The van der Waals surface area contributed by atoms with E-state index >= 15 is 0 Å². The zero-order valence-electron chi connectivity index (χ0n) is 11.0. The van der Waals surface area contributed by atoms with E-state index in [9.17, 15) is 4.79 Å². The number of nitrogens with zero attached hydrogens (tertiary/aromatic N) is 2. The molecule has 1 saturated carbocycles. The number of rotatable bonds is 5. The number of carboxylic acids is 1. The summed E-state index contributed by atoms with van der Waals surface area (Å²) in [4.78, 5) is 15.6. The lowest BCUT2D eigenvalue weighted by molar-refractivity contribution is -0.138. The maximum absolute atomic E-state index is 10.8. The van der Waals surface area contributed by atoms with Crippen molar-refractivity contribution in [2.24, 2.45) is 5.41 Å². The molecule has 98 valence electrons. The molecule has 4 nitrogen and oxygen atoms in total. The monoisotopic (exact) mass is 240 g/mol. The Bertz CT molecular complexity index is 281. The molecule has 1 aliphatic heterocycles. The first-order valence-corrected chi connectivity index (χ1v) is 6.61. The second-order valence-corrected chi connectivity index (χ2v) is 6.02. The van der Waals surface area contributed by atoms with Gasteiger partial charge in [0.1, 0.15) is 0 Å². The van der Waals surface area contributed by atoms with Gasteiger partial charge < -0.3 is 14.9 Å². The van der Waals surface area contributed by atoms with Crippen LogP contribution in [0.3, 0.4) is 0 Å². The molecule has 0 amide bonds. The fourth-order valence-corrected chi connectivity index (χ4v) is 2.98. The minimum atomic E-state index is -0.640. The summed E-state index contributed by atoms with van der Waals surface area (Å²) in [5.41, 5.74) is 0.101. The maximum atomic E-state index is 10.8. The van der Waals surface area contributed by atoms with Gasteiger partial charge in [-0.05, 0) is 58.3 Å². The van der Waals surface area contributed by atoms with Crippen LogP contribution in [0.4, 0.5) is 0 Å². The van der Waals surface area contributed by atoms with Gasteiger partial charge in [-0.2, -0.15) is 0 Å². The van der Waals surface area contributed by atoms with E-state index in [1.807, 2.05) is 0 Å². The Labute approximate surface area is 104 Å². The Morgan fingerprint density at radius 3 is 2.47 bits per heavy atom. The maximum Gasteiger partial charge on any atom is 0.303 e. The van der Waals surface area contributed by atoms with Gasteiger partial charge in [0.25, 0.3) is 0 Å². The van der Waals surface area contributed by atoms with Gasteiger partial charge in [0.15, 0.2) is 0 Å². The van der Waals surface area contributed by atoms with Crippen LogP contribution in [0.15, 0.2) is 0 Å². The lowest BCUT2D eigenvalue weighted by Gasteiger charge is -2.36. The van der Waals surface area contributed by atoms with Crippen LogP contribution < -0.4 is 0 Å². The molecule has 1 saturated heterocycles. The first kappa shape index (κ1) is 12.8. The summed E-state index contributed by atoms with van der Waals surface area (Å²) in [5.74, 6) is -0.640. The Hall–Kier alpha value is -0.610. The van der Waals surface area contributed by atoms with E-state index in [1.54, 1.807) is 0 Å². The highest BCUT2D eigenvalue weighted by Crippen LogP contribution is 2.49. The van der Waals surface area contributed by atoms with Gasteiger partial charge in [-0.25, -0.2) is 0 Å². The predicted molar refractivity (Wildman–Crippen MR) is 67.1 cm³/mol. The van der Waals surface area contributed by atoms with Crippen molar-refractivity contribution in [1.82, 2.24) is 9.80 Å². The molecule has 0 aromatic heterocycles. The van der Waals surface area contributed by atoms with Crippen LogP contribution in [-0.2, 0) is 4.79 Å². The minimum absolute atomic E-state index is 0.101. The molecule has 1 N–H and O–H groups in total. The second kappa shape index (κ2) is 4.94. The lowest BCUT2D eigenvalue weighted by atomic mass is 9.98. The molecule has 0 atom stereocenters. The van der Waals surface area contributed by atoms with Gasteiger partial charge >= 0.3 is 5.97 Å². The molecule has 2 fully saturated rings. The van der Waals surface area contributed by atoms with Gasteiger partial charge in [-0.1, -0.05) is 0 Å². The number of carbonyl (C=O) groups is 1. The van der Waals surface area contributed by atoms with E-state index in [0.29, 0.717) is 12.5 Å². The summed E-state index contributed by atoms with van der Waals surface area (Å²) < 4.78 is 0. The van der Waals surface area contributed by atoms with Crippen LogP contribution in [0.5, 0.6) is 0 Å². The van der Waals surface area contributed by atoms with Crippen molar-refractivity contribution >= 4 is 5.97 Å². The first-order valence-electron chi connectivity index (χ1n) is 6.61. The van der Waals surface area contributed by atoms with Crippen LogP contribution in [0.2, 0.25) is 0 Å². The summed E-state index contributed by atoms with van der Waals surface area (Å²) in [6, 6.07) is 0.650. The van der Waals surface area contributed by atoms with E-state index in [-0.39, 0.29) is 5.41 Å². The van der Waals surface area contributed by atoms with Gasteiger partial charge in [-0.3, -0.25) is 4.79 Å². The molecule has 0 bridgehead atoms. The van der Waals surface area contributed by atoms with Crippen molar-refractivity contribution in [3.05, 3.63) is 0 Å². The van der Waals surface area contributed by atoms with Gasteiger partial charge in [0.2, 0.25) is 0 Å². The van der Waals surface area contributed by atoms with E-state index in [0.717, 1.165) is 19.4 Å². The number of piperidine rings is 1. The predicted octanol–water partition coefficient (Wildman–Crippen LogP) is 1.27. The van der Waals surface area contributed by atoms with E-state index in [4.69, 9.17) is 5.11 Å². The Balaban J connectivity index is 1.80. The summed E-state index contributed by atoms with van der Waals surface area (Å²) in [7, 11) is 4.33. The van der Waals surface area contributed by atoms with Crippen molar-refractivity contribution in [2.75, 3.05) is 33.7 Å². The molecule has 4 heteroatoms. The van der Waals surface area contributed by atoms with Crippen molar-refractivity contribution < 1.29 is 9.90 Å². The Kier molecular flexibility index (Phi) is 3.73. The molecular weight excluding hydrogens is 216 g/mol. The summed E-state index contributed by atoms with van der Waals surface area (Å²) in [6.45, 7) is 3.30. The average Bonchev–Trinajstić information content (AvgIpc) is 2.97. The van der Waals surface area contributed by atoms with Crippen molar-refractivity contribution in [1.29, 1.82) is 0 Å². The molecule has 2 aliphatic rings. The molecule has 17 heavy (non-hydrogen) atoms. The molecule has 0 radical (unpaired) electrons. The molecule has 1 aliphatic carbocycles. The number of carboxylic acid groups (broad SMARTS) is 1. The largest absolute Gasteiger partial charge is 0.481 e. The topological polar surface area (TPSA) is 43.8 Å². The number of aliphatic carboxylic acids is 1. The fraction of sp³-hybridized carbons (Fsp3) is 0.923. The molecule has 0 spiro atoms. The van der Waals surface area contributed by atoms with Gasteiger partial charge in [0, 0.05) is 12.6 Å². The summed E-state index contributed by atoms with van der Waals surface area (Å²) in [6.07, 6.45) is 4.97. The van der Waals surface area contributed by atoms with Crippen LogP contribution >= 0.6 is 0 Å². The zero-order chi connectivity index (χ0) is 12.5. The normalized spacial score (nSPS) is 25.1. The van der Waals surface area contributed by atoms with E-state index in [2.05, 4.69) is 23.9 Å². The first-order chi connectivity index (χ1) is 8.01. The fourth-order valence-electron chi connectivity index (χ4n) is 2.98. The SMILES string of the molecule is CN1CCC(N(C)CC2(CC(=O)O)CC2)CC1. The summed E-state index contributed by atoms with van der Waals surface area (Å²) >= 11 is 0. The molecular formula is C13H24N2O2. The van der Waals surface area contributed by atoms with Gasteiger partial charge in [0.05, 0.1) is 6.42 Å². The Morgan fingerprint density at radius 1 is 1.41 bits per heavy atom. The van der Waals surface area contributed by atoms with Crippen LogP contribution in [0, 0.1) is 5.41 Å². The standard InChI is InChI=1S/C13H24N2O2/c1-14-7-3-11(4-8-14)15(2)10-13(5-6-13)9-12(16)17/h11H,3-10H2,1-2H3,(H,16,17). The number of likely N-dealkylation sites (tertiary alicyclic amines) is 1. The summed E-state index contributed by atoms with van der Waals surface area (Å²) in [5, 5.41) is 8.92. The molecule has 0 aromatic carbocycles. The Morgan fingerprint density at radius 2 is 2.00 bits per heavy atom. The van der Waals surface area contributed by atoms with Crippen molar-refractivity contribution in [2.45, 2.75) is 38.1 Å². The highest BCUT2D eigenvalue weighted by atomic mass is 16.4. The highest BCUT2D eigenvalue weighted by molar-refractivity contribution is 5.68. The van der Waals surface area contributed by atoms with E-state index in [1.165, 1.54) is 25.9 Å². The van der Waals surface area contributed by atoms with Crippen LogP contribution in [0.25, 0.3) is 0 Å². The molecule has 2 rings (SSSR count). The van der Waals surface area contributed by atoms with Crippen molar-refractivity contribution in [3.63, 3.8) is 0 Å². The highest BCUT2D eigenvalue weighted by Gasteiger charge is 2.45. The van der Waals surface area contributed by atoms with Crippen LogP contribution in [0.1, 0.15) is 32.1 Å². The van der Waals surface area contributed by atoms with Crippen molar-refractivity contribution in [3.8, 4) is 0 Å². The second-order valence-electron chi connectivity index (χ2n) is 6.02. The molecule has 1 heterocycles. The smallest absolute Gasteiger partial charge is 0.303 e. The quantitative estimate of drug-likeness (QED) is 0.786.